The number of hydrogen-bond donors (Lipinski definition) is 1. The van der Waals surface area contributed by atoms with Gasteiger partial charge in [-0.2, -0.15) is 5.10 Å². The summed E-state index contributed by atoms with van der Waals surface area (Å²) in [4.78, 5) is 8.74. The zero-order chi connectivity index (χ0) is 15.6. The van der Waals surface area contributed by atoms with Crippen LogP contribution in [0.5, 0.6) is 0 Å². The van der Waals surface area contributed by atoms with E-state index in [1.807, 2.05) is 59.1 Å². The van der Waals surface area contributed by atoms with Crippen LogP contribution in [0.25, 0.3) is 16.9 Å². The van der Waals surface area contributed by atoms with Gasteiger partial charge in [-0.05, 0) is 5.56 Å². The van der Waals surface area contributed by atoms with E-state index in [-0.39, 0.29) is 0 Å². The van der Waals surface area contributed by atoms with Crippen molar-refractivity contribution in [2.75, 3.05) is 12.4 Å². The summed E-state index contributed by atoms with van der Waals surface area (Å²) in [6, 6.07) is 10.3. The Hall–Kier alpha value is -3.15. The molecule has 0 saturated carbocycles. The monoisotopic (exact) mass is 304 g/mol. The second kappa shape index (κ2) is 5.57. The van der Waals surface area contributed by atoms with Crippen molar-refractivity contribution in [2.24, 2.45) is 0 Å². The molecule has 4 aromatic rings. The molecule has 6 nitrogen and oxygen atoms in total. The molecule has 0 unspecified atom stereocenters. The Labute approximate surface area is 133 Å². The molecular formula is C17H16N6. The number of nitrogens with one attached hydrogen (secondary N) is 1. The fraction of sp³-hybridized carbons (Fsp3) is 0.118. The lowest BCUT2D eigenvalue weighted by atomic mass is 10.2. The van der Waals surface area contributed by atoms with Crippen LogP contribution in [0.15, 0.2) is 61.3 Å². The van der Waals surface area contributed by atoms with Gasteiger partial charge in [-0.25, -0.2) is 9.97 Å². The van der Waals surface area contributed by atoms with E-state index >= 15 is 0 Å². The predicted molar refractivity (Wildman–Crippen MR) is 89.3 cm³/mol. The smallest absolute Gasteiger partial charge is 0.180 e. The van der Waals surface area contributed by atoms with Crippen molar-refractivity contribution in [1.82, 2.24) is 24.1 Å². The van der Waals surface area contributed by atoms with E-state index in [4.69, 9.17) is 0 Å². The van der Waals surface area contributed by atoms with Gasteiger partial charge >= 0.3 is 0 Å². The van der Waals surface area contributed by atoms with Crippen molar-refractivity contribution < 1.29 is 0 Å². The molecule has 1 aromatic carbocycles. The summed E-state index contributed by atoms with van der Waals surface area (Å²) in [7, 11) is 1.84. The van der Waals surface area contributed by atoms with E-state index in [0.29, 0.717) is 0 Å². The Kier molecular flexibility index (Phi) is 3.27. The highest BCUT2D eigenvalue weighted by Crippen LogP contribution is 2.22. The van der Waals surface area contributed by atoms with Gasteiger partial charge in [0.2, 0.25) is 0 Å². The number of imidazole rings is 1. The summed E-state index contributed by atoms with van der Waals surface area (Å²) in [5.41, 5.74) is 4.06. The van der Waals surface area contributed by atoms with Crippen molar-refractivity contribution in [3.8, 4) is 11.3 Å². The van der Waals surface area contributed by atoms with E-state index in [0.717, 1.165) is 29.3 Å². The summed E-state index contributed by atoms with van der Waals surface area (Å²) in [5.74, 6) is 0.760. The summed E-state index contributed by atoms with van der Waals surface area (Å²) in [6.45, 7) is 0.751. The van der Waals surface area contributed by atoms with Gasteiger partial charge in [0.25, 0.3) is 0 Å². The minimum atomic E-state index is 0.751. The van der Waals surface area contributed by atoms with Crippen LogP contribution in [-0.2, 0) is 6.54 Å². The molecule has 114 valence electrons. The third-order valence-electron chi connectivity index (χ3n) is 3.78. The van der Waals surface area contributed by atoms with E-state index in [1.54, 1.807) is 6.20 Å². The fourth-order valence-corrected chi connectivity index (χ4v) is 2.66. The molecule has 0 radical (unpaired) electrons. The molecule has 4 rings (SSSR count). The SMILES string of the molecule is CNc1nccn2c(-c3cnn(Cc4ccccc4)c3)cnc12. The van der Waals surface area contributed by atoms with Gasteiger partial charge in [-0.1, -0.05) is 30.3 Å². The number of rotatable bonds is 4. The lowest BCUT2D eigenvalue weighted by Crippen LogP contribution is -1.99. The Balaban J connectivity index is 1.69. The van der Waals surface area contributed by atoms with E-state index in [1.165, 1.54) is 5.56 Å². The van der Waals surface area contributed by atoms with Crippen LogP contribution >= 0.6 is 0 Å². The lowest BCUT2D eigenvalue weighted by Gasteiger charge is -2.03. The summed E-state index contributed by atoms with van der Waals surface area (Å²) in [6.07, 6.45) is 9.43. The first-order valence-electron chi connectivity index (χ1n) is 7.42. The molecule has 0 aliphatic rings. The number of hydrogen-bond acceptors (Lipinski definition) is 4. The van der Waals surface area contributed by atoms with Gasteiger partial charge in [0, 0.05) is 31.2 Å². The van der Waals surface area contributed by atoms with Gasteiger partial charge in [0.05, 0.1) is 24.6 Å². The Bertz CT molecular complexity index is 938. The van der Waals surface area contributed by atoms with Crippen LogP contribution in [0, 0.1) is 0 Å². The largest absolute Gasteiger partial charge is 0.370 e. The molecule has 0 aliphatic carbocycles. The molecule has 0 amide bonds. The molecule has 0 spiro atoms. The minimum Gasteiger partial charge on any atom is -0.370 e. The van der Waals surface area contributed by atoms with Crippen molar-refractivity contribution in [3.63, 3.8) is 0 Å². The minimum absolute atomic E-state index is 0.751. The van der Waals surface area contributed by atoms with Crippen LogP contribution in [-0.4, -0.2) is 31.2 Å². The normalized spacial score (nSPS) is 11.0. The molecule has 0 bridgehead atoms. The summed E-state index contributed by atoms with van der Waals surface area (Å²) in [5, 5.41) is 7.52. The van der Waals surface area contributed by atoms with Gasteiger partial charge in [-0.15, -0.1) is 0 Å². The first kappa shape index (κ1) is 13.5. The number of aromatic nitrogens is 5. The zero-order valence-electron chi connectivity index (χ0n) is 12.7. The van der Waals surface area contributed by atoms with Gasteiger partial charge in [0.1, 0.15) is 0 Å². The Morgan fingerprint density at radius 2 is 1.96 bits per heavy atom. The first-order valence-corrected chi connectivity index (χ1v) is 7.42. The van der Waals surface area contributed by atoms with Crippen LogP contribution in [0.4, 0.5) is 5.82 Å². The highest BCUT2D eigenvalue weighted by Gasteiger charge is 2.11. The van der Waals surface area contributed by atoms with Crippen LogP contribution in [0.3, 0.4) is 0 Å². The molecular weight excluding hydrogens is 288 g/mol. The van der Waals surface area contributed by atoms with Crippen molar-refractivity contribution in [1.29, 1.82) is 0 Å². The zero-order valence-corrected chi connectivity index (χ0v) is 12.7. The Morgan fingerprint density at radius 1 is 1.09 bits per heavy atom. The molecule has 23 heavy (non-hydrogen) atoms. The first-order chi connectivity index (χ1) is 11.3. The highest BCUT2D eigenvalue weighted by atomic mass is 15.3. The highest BCUT2D eigenvalue weighted by molar-refractivity contribution is 5.69. The number of nitrogens with zero attached hydrogens (tertiary/aromatic N) is 5. The maximum atomic E-state index is 4.46. The Morgan fingerprint density at radius 3 is 2.78 bits per heavy atom. The molecule has 3 aromatic heterocycles. The van der Waals surface area contributed by atoms with Crippen molar-refractivity contribution in [2.45, 2.75) is 6.54 Å². The molecule has 6 heteroatoms. The maximum Gasteiger partial charge on any atom is 0.180 e. The fourth-order valence-electron chi connectivity index (χ4n) is 2.66. The number of anilines is 1. The van der Waals surface area contributed by atoms with Crippen LogP contribution < -0.4 is 5.32 Å². The average molecular weight is 304 g/mol. The van der Waals surface area contributed by atoms with E-state index in [9.17, 15) is 0 Å². The molecule has 0 fully saturated rings. The molecule has 0 aliphatic heterocycles. The van der Waals surface area contributed by atoms with E-state index in [2.05, 4.69) is 32.5 Å². The van der Waals surface area contributed by atoms with Crippen molar-refractivity contribution >= 4 is 11.5 Å². The third-order valence-corrected chi connectivity index (χ3v) is 3.78. The molecule has 0 atom stereocenters. The average Bonchev–Trinajstić information content (AvgIpc) is 3.22. The third kappa shape index (κ3) is 2.44. The van der Waals surface area contributed by atoms with Crippen molar-refractivity contribution in [3.05, 3.63) is 66.9 Å². The standard InChI is InChI=1S/C17H16N6/c1-18-16-17-20-10-15(23(17)8-7-19-16)14-9-21-22(12-14)11-13-5-3-2-4-6-13/h2-10,12H,11H2,1H3,(H,18,19). The van der Waals surface area contributed by atoms with Crippen LogP contribution in [0.2, 0.25) is 0 Å². The second-order valence-corrected chi connectivity index (χ2v) is 5.28. The quantitative estimate of drug-likeness (QED) is 0.630. The predicted octanol–water partition coefficient (Wildman–Crippen LogP) is 2.68. The topological polar surface area (TPSA) is 60.0 Å². The summed E-state index contributed by atoms with van der Waals surface area (Å²) >= 11 is 0. The second-order valence-electron chi connectivity index (χ2n) is 5.28. The summed E-state index contributed by atoms with van der Waals surface area (Å²) < 4.78 is 3.95. The molecule has 0 saturated heterocycles. The molecule has 1 N–H and O–H groups in total. The van der Waals surface area contributed by atoms with E-state index < -0.39 is 0 Å². The maximum absolute atomic E-state index is 4.46. The number of fused-ring (bicyclic) bond motifs is 1. The van der Waals surface area contributed by atoms with Crippen LogP contribution in [0.1, 0.15) is 5.56 Å². The van der Waals surface area contributed by atoms with Gasteiger partial charge < -0.3 is 5.32 Å². The van der Waals surface area contributed by atoms with Gasteiger partial charge in [-0.3, -0.25) is 9.08 Å². The lowest BCUT2D eigenvalue weighted by molar-refractivity contribution is 0.687. The molecule has 3 heterocycles. The van der Waals surface area contributed by atoms with Gasteiger partial charge in [0.15, 0.2) is 11.5 Å². The number of benzene rings is 1.